The van der Waals surface area contributed by atoms with Gasteiger partial charge in [0.1, 0.15) is 5.75 Å². The van der Waals surface area contributed by atoms with E-state index in [-0.39, 0.29) is 5.75 Å². The van der Waals surface area contributed by atoms with Gasteiger partial charge in [0.25, 0.3) is 0 Å². The van der Waals surface area contributed by atoms with Crippen molar-refractivity contribution in [1.82, 2.24) is 0 Å². The Labute approximate surface area is 127 Å². The van der Waals surface area contributed by atoms with Crippen molar-refractivity contribution in [1.29, 1.82) is 0 Å². The standard InChI is InChI=1S/C15H15FN2O2S/c1-19-12-6-3-10(4-7-12)17-15(21)18-11-5-8-14(20-2)13(16)9-11/h3-9H,1-2H3,(H2,17,18,21). The number of halogens is 1. The third-order valence-corrected chi connectivity index (χ3v) is 2.96. The van der Waals surface area contributed by atoms with Gasteiger partial charge in [0.05, 0.1) is 14.2 Å². The molecule has 0 radical (unpaired) electrons. The molecule has 0 aliphatic rings. The summed E-state index contributed by atoms with van der Waals surface area (Å²) in [4.78, 5) is 0. The molecule has 0 amide bonds. The number of hydrogen-bond donors (Lipinski definition) is 2. The first-order valence-corrected chi connectivity index (χ1v) is 6.59. The largest absolute Gasteiger partial charge is 0.497 e. The zero-order valence-corrected chi connectivity index (χ0v) is 12.5. The average Bonchev–Trinajstić information content (AvgIpc) is 2.48. The second-order valence-electron chi connectivity index (χ2n) is 4.16. The van der Waals surface area contributed by atoms with Gasteiger partial charge in [-0.25, -0.2) is 4.39 Å². The molecule has 0 atom stereocenters. The maximum absolute atomic E-state index is 13.6. The lowest BCUT2D eigenvalue weighted by Gasteiger charge is -2.11. The number of thiocarbonyl (C=S) groups is 1. The highest BCUT2D eigenvalue weighted by atomic mass is 32.1. The molecule has 0 heterocycles. The van der Waals surface area contributed by atoms with E-state index in [1.54, 1.807) is 13.2 Å². The van der Waals surface area contributed by atoms with Crippen LogP contribution in [-0.4, -0.2) is 19.3 Å². The smallest absolute Gasteiger partial charge is 0.175 e. The van der Waals surface area contributed by atoms with Crippen LogP contribution in [0.5, 0.6) is 11.5 Å². The molecule has 2 rings (SSSR count). The topological polar surface area (TPSA) is 42.5 Å². The van der Waals surface area contributed by atoms with Gasteiger partial charge in [-0.1, -0.05) is 0 Å². The third kappa shape index (κ3) is 4.06. The summed E-state index contributed by atoms with van der Waals surface area (Å²) in [5.41, 5.74) is 1.35. The highest BCUT2D eigenvalue weighted by Crippen LogP contribution is 2.21. The van der Waals surface area contributed by atoms with Crippen LogP contribution in [0.1, 0.15) is 0 Å². The van der Waals surface area contributed by atoms with Crippen molar-refractivity contribution in [2.75, 3.05) is 24.9 Å². The zero-order valence-electron chi connectivity index (χ0n) is 11.6. The minimum Gasteiger partial charge on any atom is -0.497 e. The summed E-state index contributed by atoms with van der Waals surface area (Å²) >= 11 is 5.18. The Bertz CT molecular complexity index is 632. The fraction of sp³-hybridized carbons (Fsp3) is 0.133. The highest BCUT2D eigenvalue weighted by molar-refractivity contribution is 7.80. The molecule has 2 aromatic rings. The summed E-state index contributed by atoms with van der Waals surface area (Å²) in [6, 6.07) is 11.8. The van der Waals surface area contributed by atoms with Crippen molar-refractivity contribution >= 4 is 28.7 Å². The monoisotopic (exact) mass is 306 g/mol. The van der Waals surface area contributed by atoms with E-state index in [9.17, 15) is 4.39 Å². The summed E-state index contributed by atoms with van der Waals surface area (Å²) in [6.45, 7) is 0. The molecule has 2 aromatic carbocycles. The van der Waals surface area contributed by atoms with Crippen molar-refractivity contribution in [3.8, 4) is 11.5 Å². The van der Waals surface area contributed by atoms with E-state index in [1.807, 2.05) is 24.3 Å². The van der Waals surface area contributed by atoms with Gasteiger partial charge in [0, 0.05) is 17.4 Å². The van der Waals surface area contributed by atoms with Gasteiger partial charge in [-0.2, -0.15) is 0 Å². The summed E-state index contributed by atoms with van der Waals surface area (Å²) in [7, 11) is 3.02. The SMILES string of the molecule is COc1ccc(NC(=S)Nc2ccc(OC)c(F)c2)cc1. The van der Waals surface area contributed by atoms with Gasteiger partial charge >= 0.3 is 0 Å². The van der Waals surface area contributed by atoms with E-state index in [4.69, 9.17) is 21.7 Å². The van der Waals surface area contributed by atoms with Gasteiger partial charge in [-0.15, -0.1) is 0 Å². The molecule has 4 nitrogen and oxygen atoms in total. The second kappa shape index (κ2) is 6.90. The number of rotatable bonds is 4. The van der Waals surface area contributed by atoms with Crippen molar-refractivity contribution in [3.05, 3.63) is 48.3 Å². The molecule has 21 heavy (non-hydrogen) atoms. The molecule has 0 saturated carbocycles. The molecule has 0 aliphatic heterocycles. The molecule has 6 heteroatoms. The maximum Gasteiger partial charge on any atom is 0.175 e. The third-order valence-electron chi connectivity index (χ3n) is 2.76. The maximum atomic E-state index is 13.6. The van der Waals surface area contributed by atoms with Crippen molar-refractivity contribution < 1.29 is 13.9 Å². The molecule has 0 spiro atoms. The molecule has 0 aliphatic carbocycles. The first-order valence-electron chi connectivity index (χ1n) is 6.18. The van der Waals surface area contributed by atoms with Crippen LogP contribution in [0.3, 0.4) is 0 Å². The Morgan fingerprint density at radius 2 is 1.57 bits per heavy atom. The summed E-state index contributed by atoms with van der Waals surface area (Å²) in [5, 5.41) is 6.27. The molecule has 0 fully saturated rings. The van der Waals surface area contributed by atoms with Gasteiger partial charge in [-0.05, 0) is 48.6 Å². The predicted molar refractivity (Wildman–Crippen MR) is 85.8 cm³/mol. The number of ether oxygens (including phenoxy) is 2. The lowest BCUT2D eigenvalue weighted by molar-refractivity contribution is 0.387. The number of hydrogen-bond acceptors (Lipinski definition) is 3. The normalized spacial score (nSPS) is 9.86. The van der Waals surface area contributed by atoms with Crippen LogP contribution >= 0.6 is 12.2 Å². The van der Waals surface area contributed by atoms with Crippen molar-refractivity contribution in [2.45, 2.75) is 0 Å². The fourth-order valence-corrected chi connectivity index (χ4v) is 1.95. The van der Waals surface area contributed by atoms with Crippen molar-refractivity contribution in [2.24, 2.45) is 0 Å². The van der Waals surface area contributed by atoms with Crippen LogP contribution < -0.4 is 20.1 Å². The Hall–Kier alpha value is -2.34. The van der Waals surface area contributed by atoms with Crippen LogP contribution in [0.4, 0.5) is 15.8 Å². The van der Waals surface area contributed by atoms with Gasteiger partial charge in [-0.3, -0.25) is 0 Å². The minimum absolute atomic E-state index is 0.189. The average molecular weight is 306 g/mol. The summed E-state index contributed by atoms with van der Waals surface area (Å²) in [6.07, 6.45) is 0. The Balaban J connectivity index is 1.99. The number of nitrogens with one attached hydrogen (secondary N) is 2. The molecule has 2 N–H and O–H groups in total. The van der Waals surface area contributed by atoms with Crippen molar-refractivity contribution in [3.63, 3.8) is 0 Å². The molecule has 0 saturated heterocycles. The van der Waals surface area contributed by atoms with Crippen LogP contribution in [0.15, 0.2) is 42.5 Å². The minimum atomic E-state index is -0.449. The Morgan fingerprint density at radius 1 is 0.952 bits per heavy atom. The second-order valence-corrected chi connectivity index (χ2v) is 4.57. The molecule has 0 unspecified atom stereocenters. The fourth-order valence-electron chi connectivity index (χ4n) is 1.71. The lowest BCUT2D eigenvalue weighted by Crippen LogP contribution is -2.19. The van der Waals surface area contributed by atoms with E-state index < -0.39 is 5.82 Å². The van der Waals surface area contributed by atoms with E-state index >= 15 is 0 Å². The van der Waals surface area contributed by atoms with Crippen LogP contribution in [0.25, 0.3) is 0 Å². The number of benzene rings is 2. The van der Waals surface area contributed by atoms with Gasteiger partial charge < -0.3 is 20.1 Å². The zero-order chi connectivity index (χ0) is 15.2. The predicted octanol–water partition coefficient (Wildman–Crippen LogP) is 3.65. The Kier molecular flexibility index (Phi) is 4.94. The first-order chi connectivity index (χ1) is 10.1. The molecular formula is C15H15FN2O2S. The quantitative estimate of drug-likeness (QED) is 0.844. The highest BCUT2D eigenvalue weighted by Gasteiger charge is 2.05. The van der Waals surface area contributed by atoms with E-state index in [2.05, 4.69) is 10.6 Å². The van der Waals surface area contributed by atoms with E-state index in [0.29, 0.717) is 10.8 Å². The number of anilines is 2. The summed E-state index contributed by atoms with van der Waals surface area (Å²) in [5.74, 6) is 0.501. The van der Waals surface area contributed by atoms with Crippen LogP contribution in [-0.2, 0) is 0 Å². The molecule has 0 bridgehead atoms. The first kappa shape index (κ1) is 15.1. The van der Waals surface area contributed by atoms with E-state index in [0.717, 1.165) is 11.4 Å². The van der Waals surface area contributed by atoms with Gasteiger partial charge in [0.2, 0.25) is 0 Å². The molecular weight excluding hydrogens is 291 g/mol. The summed E-state index contributed by atoms with van der Waals surface area (Å²) < 4.78 is 23.5. The Morgan fingerprint density at radius 3 is 2.14 bits per heavy atom. The van der Waals surface area contributed by atoms with E-state index in [1.165, 1.54) is 19.2 Å². The van der Waals surface area contributed by atoms with Gasteiger partial charge in [0.15, 0.2) is 16.7 Å². The molecule has 0 aromatic heterocycles. The number of methoxy groups -OCH3 is 2. The van der Waals surface area contributed by atoms with Crippen LogP contribution in [0, 0.1) is 5.82 Å². The van der Waals surface area contributed by atoms with Crippen LogP contribution in [0.2, 0.25) is 0 Å². The molecule has 110 valence electrons. The lowest BCUT2D eigenvalue weighted by atomic mass is 10.3.